The van der Waals surface area contributed by atoms with E-state index in [1.54, 1.807) is 22.7 Å². The highest BCUT2D eigenvalue weighted by molar-refractivity contribution is 7.22. The summed E-state index contributed by atoms with van der Waals surface area (Å²) in [6.45, 7) is 6.71. The van der Waals surface area contributed by atoms with E-state index in [0.717, 1.165) is 10.0 Å². The molecule has 0 unspecified atom stereocenters. The molecule has 0 atom stereocenters. The van der Waals surface area contributed by atoms with Gasteiger partial charge in [-0.15, -0.1) is 22.7 Å². The predicted octanol–water partition coefficient (Wildman–Crippen LogP) is 5.23. The Morgan fingerprint density at radius 1 is 1.05 bits per heavy atom. The highest BCUT2D eigenvalue weighted by Crippen LogP contribution is 2.34. The van der Waals surface area contributed by atoms with Crippen molar-refractivity contribution in [3.8, 4) is 20.5 Å². The molecule has 0 amide bonds. The molecule has 3 aromatic rings. The number of hydrogen-bond acceptors (Lipinski definition) is 4. The van der Waals surface area contributed by atoms with Gasteiger partial charge in [-0.05, 0) is 22.6 Å². The van der Waals surface area contributed by atoms with E-state index in [2.05, 4.69) is 55.0 Å². The third kappa shape index (κ3) is 2.67. The Kier molecular flexibility index (Phi) is 3.44. The normalized spacial score (nSPS) is 11.8. The quantitative estimate of drug-likeness (QED) is 0.647. The standard InChI is InChI=1S/C16H16N2S2/c1-16(2,3)12-6-4-5-11(9-12)13-10-18-15(20-13)14-17-7-8-19-14/h4-10H,1-3H3. The molecule has 0 N–H and O–H groups in total. The van der Waals surface area contributed by atoms with E-state index in [0.29, 0.717) is 0 Å². The molecule has 1 aromatic carbocycles. The monoisotopic (exact) mass is 300 g/mol. The molecule has 102 valence electrons. The lowest BCUT2D eigenvalue weighted by Gasteiger charge is -2.19. The van der Waals surface area contributed by atoms with Crippen molar-refractivity contribution in [2.45, 2.75) is 26.2 Å². The van der Waals surface area contributed by atoms with Crippen molar-refractivity contribution in [3.05, 3.63) is 47.6 Å². The van der Waals surface area contributed by atoms with Gasteiger partial charge in [0.15, 0.2) is 10.0 Å². The van der Waals surface area contributed by atoms with Gasteiger partial charge in [-0.1, -0.05) is 39.0 Å². The lowest BCUT2D eigenvalue weighted by Crippen LogP contribution is -2.10. The summed E-state index contributed by atoms with van der Waals surface area (Å²) in [7, 11) is 0. The summed E-state index contributed by atoms with van der Waals surface area (Å²) < 4.78 is 0. The summed E-state index contributed by atoms with van der Waals surface area (Å²) in [5.41, 5.74) is 2.75. The molecular formula is C16H16N2S2. The van der Waals surface area contributed by atoms with Crippen LogP contribution in [0.4, 0.5) is 0 Å². The average Bonchev–Trinajstić information content (AvgIpc) is 3.09. The zero-order valence-electron chi connectivity index (χ0n) is 11.8. The van der Waals surface area contributed by atoms with Crippen LogP contribution in [-0.4, -0.2) is 9.97 Å². The zero-order chi connectivity index (χ0) is 14.2. The van der Waals surface area contributed by atoms with Crippen molar-refractivity contribution < 1.29 is 0 Å². The second-order valence-corrected chi connectivity index (χ2v) is 7.62. The summed E-state index contributed by atoms with van der Waals surface area (Å²) in [6.07, 6.45) is 3.77. The van der Waals surface area contributed by atoms with E-state index >= 15 is 0 Å². The summed E-state index contributed by atoms with van der Waals surface area (Å²) in [6, 6.07) is 8.72. The van der Waals surface area contributed by atoms with Crippen LogP contribution in [0.3, 0.4) is 0 Å². The third-order valence-electron chi connectivity index (χ3n) is 3.13. The van der Waals surface area contributed by atoms with Gasteiger partial charge in [-0.2, -0.15) is 0 Å². The van der Waals surface area contributed by atoms with E-state index in [9.17, 15) is 0 Å². The fourth-order valence-corrected chi connectivity index (χ4v) is 3.57. The topological polar surface area (TPSA) is 25.8 Å². The second-order valence-electron chi connectivity index (χ2n) is 5.70. The first-order valence-electron chi connectivity index (χ1n) is 6.51. The molecule has 4 heteroatoms. The summed E-state index contributed by atoms with van der Waals surface area (Å²) in [5.74, 6) is 0. The van der Waals surface area contributed by atoms with Crippen molar-refractivity contribution in [2.24, 2.45) is 0 Å². The Balaban J connectivity index is 1.98. The van der Waals surface area contributed by atoms with Crippen molar-refractivity contribution in [2.75, 3.05) is 0 Å². The van der Waals surface area contributed by atoms with E-state index < -0.39 is 0 Å². The highest BCUT2D eigenvalue weighted by atomic mass is 32.1. The van der Waals surface area contributed by atoms with Crippen molar-refractivity contribution in [1.82, 2.24) is 9.97 Å². The van der Waals surface area contributed by atoms with Crippen LogP contribution >= 0.6 is 22.7 Å². The Morgan fingerprint density at radius 3 is 2.60 bits per heavy atom. The van der Waals surface area contributed by atoms with Gasteiger partial charge in [-0.3, -0.25) is 0 Å². The number of hydrogen-bond donors (Lipinski definition) is 0. The summed E-state index contributed by atoms with van der Waals surface area (Å²) in [5, 5.41) is 3.97. The van der Waals surface area contributed by atoms with Gasteiger partial charge in [0, 0.05) is 17.8 Å². The van der Waals surface area contributed by atoms with Crippen LogP contribution in [0.5, 0.6) is 0 Å². The van der Waals surface area contributed by atoms with Gasteiger partial charge in [0.1, 0.15) is 0 Å². The molecule has 0 saturated carbocycles. The second kappa shape index (κ2) is 5.11. The number of thiazole rings is 2. The van der Waals surface area contributed by atoms with Crippen LogP contribution in [0.1, 0.15) is 26.3 Å². The number of rotatable bonds is 2. The van der Waals surface area contributed by atoms with Gasteiger partial charge in [0.25, 0.3) is 0 Å². The first-order valence-corrected chi connectivity index (χ1v) is 8.20. The van der Waals surface area contributed by atoms with Crippen LogP contribution in [0.25, 0.3) is 20.5 Å². The van der Waals surface area contributed by atoms with Crippen LogP contribution in [0.2, 0.25) is 0 Å². The Bertz CT molecular complexity index is 706. The molecule has 3 rings (SSSR count). The molecule has 0 radical (unpaired) electrons. The van der Waals surface area contributed by atoms with Crippen molar-refractivity contribution in [1.29, 1.82) is 0 Å². The first kappa shape index (κ1) is 13.5. The Morgan fingerprint density at radius 2 is 1.90 bits per heavy atom. The third-order valence-corrected chi connectivity index (χ3v) is 5.10. The first-order chi connectivity index (χ1) is 9.54. The van der Waals surface area contributed by atoms with Crippen LogP contribution < -0.4 is 0 Å². The van der Waals surface area contributed by atoms with E-state index in [-0.39, 0.29) is 5.41 Å². The van der Waals surface area contributed by atoms with E-state index in [1.807, 2.05) is 17.8 Å². The van der Waals surface area contributed by atoms with Gasteiger partial charge >= 0.3 is 0 Å². The van der Waals surface area contributed by atoms with E-state index in [1.165, 1.54) is 16.0 Å². The predicted molar refractivity (Wildman–Crippen MR) is 87.4 cm³/mol. The van der Waals surface area contributed by atoms with Gasteiger partial charge in [0.05, 0.1) is 4.88 Å². The van der Waals surface area contributed by atoms with Crippen LogP contribution in [0.15, 0.2) is 42.0 Å². The SMILES string of the molecule is CC(C)(C)c1cccc(-c2cnc(-c3nccs3)s2)c1. The maximum Gasteiger partial charge on any atom is 0.152 e. The van der Waals surface area contributed by atoms with Crippen molar-refractivity contribution >= 4 is 22.7 Å². The highest BCUT2D eigenvalue weighted by Gasteiger charge is 2.15. The molecule has 0 aliphatic heterocycles. The minimum Gasteiger partial charge on any atom is -0.242 e. The van der Waals surface area contributed by atoms with E-state index in [4.69, 9.17) is 0 Å². The molecule has 2 aromatic heterocycles. The number of benzene rings is 1. The summed E-state index contributed by atoms with van der Waals surface area (Å²) in [4.78, 5) is 10.0. The van der Waals surface area contributed by atoms with Crippen LogP contribution in [0, 0.1) is 0 Å². The van der Waals surface area contributed by atoms with Gasteiger partial charge in [-0.25, -0.2) is 9.97 Å². The maximum atomic E-state index is 4.49. The number of aromatic nitrogens is 2. The average molecular weight is 300 g/mol. The molecule has 0 bridgehead atoms. The molecule has 0 spiro atoms. The minimum atomic E-state index is 0.166. The summed E-state index contributed by atoms with van der Waals surface area (Å²) >= 11 is 3.33. The molecule has 0 aliphatic rings. The minimum absolute atomic E-state index is 0.166. The number of nitrogens with zero attached hydrogens (tertiary/aromatic N) is 2. The molecule has 0 saturated heterocycles. The van der Waals surface area contributed by atoms with Crippen molar-refractivity contribution in [3.63, 3.8) is 0 Å². The lowest BCUT2D eigenvalue weighted by molar-refractivity contribution is 0.590. The Labute approximate surface area is 127 Å². The largest absolute Gasteiger partial charge is 0.242 e. The smallest absolute Gasteiger partial charge is 0.152 e. The van der Waals surface area contributed by atoms with Gasteiger partial charge in [0.2, 0.25) is 0 Å². The Hall–Kier alpha value is -1.52. The molecular weight excluding hydrogens is 284 g/mol. The molecule has 2 nitrogen and oxygen atoms in total. The fourth-order valence-electron chi connectivity index (χ4n) is 1.97. The van der Waals surface area contributed by atoms with Gasteiger partial charge < -0.3 is 0 Å². The fraction of sp³-hybridized carbons (Fsp3) is 0.250. The maximum absolute atomic E-state index is 4.49. The van der Waals surface area contributed by atoms with Crippen LogP contribution in [-0.2, 0) is 5.41 Å². The zero-order valence-corrected chi connectivity index (χ0v) is 13.4. The molecule has 20 heavy (non-hydrogen) atoms. The molecule has 2 heterocycles. The lowest BCUT2D eigenvalue weighted by atomic mass is 9.86. The molecule has 0 aliphatic carbocycles. The molecule has 0 fully saturated rings.